The maximum absolute atomic E-state index is 5.35. The fraction of sp³-hybridized carbons (Fsp3) is 1.00. The van der Waals surface area contributed by atoms with Crippen LogP contribution in [-0.2, 0) is 4.74 Å². The lowest BCUT2D eigenvalue weighted by Gasteiger charge is -2.23. The SMILES string of the molecule is C1CC(CNCC2CCOC2)CCN1. The van der Waals surface area contributed by atoms with Gasteiger partial charge in [0, 0.05) is 13.2 Å². The van der Waals surface area contributed by atoms with Crippen molar-refractivity contribution < 1.29 is 4.74 Å². The molecule has 0 spiro atoms. The second kappa shape index (κ2) is 5.69. The van der Waals surface area contributed by atoms with Crippen LogP contribution in [0.25, 0.3) is 0 Å². The van der Waals surface area contributed by atoms with Crippen LogP contribution in [0.4, 0.5) is 0 Å². The first-order valence-electron chi connectivity index (χ1n) is 5.94. The molecule has 2 aliphatic rings. The molecule has 2 heterocycles. The maximum atomic E-state index is 5.35. The van der Waals surface area contributed by atoms with Crippen molar-refractivity contribution in [2.75, 3.05) is 39.4 Å². The van der Waals surface area contributed by atoms with Gasteiger partial charge in [0.15, 0.2) is 0 Å². The van der Waals surface area contributed by atoms with Crippen LogP contribution in [0.15, 0.2) is 0 Å². The van der Waals surface area contributed by atoms with E-state index in [9.17, 15) is 0 Å². The van der Waals surface area contributed by atoms with Gasteiger partial charge in [0.1, 0.15) is 0 Å². The van der Waals surface area contributed by atoms with Crippen LogP contribution in [0.5, 0.6) is 0 Å². The van der Waals surface area contributed by atoms with Crippen molar-refractivity contribution in [3.63, 3.8) is 0 Å². The summed E-state index contributed by atoms with van der Waals surface area (Å²) in [5, 5.41) is 6.99. The van der Waals surface area contributed by atoms with E-state index in [0.29, 0.717) is 0 Å². The molecule has 0 radical (unpaired) electrons. The van der Waals surface area contributed by atoms with Crippen LogP contribution >= 0.6 is 0 Å². The lowest BCUT2D eigenvalue weighted by Crippen LogP contribution is -2.35. The first-order chi connectivity index (χ1) is 6.95. The van der Waals surface area contributed by atoms with Gasteiger partial charge < -0.3 is 15.4 Å². The Labute approximate surface area is 86.6 Å². The van der Waals surface area contributed by atoms with Crippen LogP contribution < -0.4 is 10.6 Å². The van der Waals surface area contributed by atoms with Gasteiger partial charge in [0.05, 0.1) is 6.61 Å². The van der Waals surface area contributed by atoms with Crippen molar-refractivity contribution in [2.45, 2.75) is 19.3 Å². The third-order valence-electron chi connectivity index (χ3n) is 3.35. The highest BCUT2D eigenvalue weighted by molar-refractivity contribution is 4.72. The van der Waals surface area contributed by atoms with Crippen molar-refractivity contribution in [3.05, 3.63) is 0 Å². The third-order valence-corrected chi connectivity index (χ3v) is 3.35. The summed E-state index contributed by atoms with van der Waals surface area (Å²) in [4.78, 5) is 0. The molecule has 3 nitrogen and oxygen atoms in total. The Bertz CT molecular complexity index is 151. The zero-order chi connectivity index (χ0) is 9.64. The molecule has 14 heavy (non-hydrogen) atoms. The van der Waals surface area contributed by atoms with E-state index in [2.05, 4.69) is 10.6 Å². The Morgan fingerprint density at radius 2 is 1.86 bits per heavy atom. The monoisotopic (exact) mass is 198 g/mol. The van der Waals surface area contributed by atoms with Crippen molar-refractivity contribution in [1.82, 2.24) is 10.6 Å². The molecule has 3 heteroatoms. The predicted molar refractivity (Wildman–Crippen MR) is 57.4 cm³/mol. The van der Waals surface area contributed by atoms with E-state index in [1.807, 2.05) is 0 Å². The summed E-state index contributed by atoms with van der Waals surface area (Å²) in [6.45, 7) is 6.72. The Morgan fingerprint density at radius 1 is 1.07 bits per heavy atom. The topological polar surface area (TPSA) is 33.3 Å². The molecule has 82 valence electrons. The van der Waals surface area contributed by atoms with E-state index in [4.69, 9.17) is 4.74 Å². The van der Waals surface area contributed by atoms with Crippen molar-refractivity contribution in [1.29, 1.82) is 0 Å². The molecule has 2 saturated heterocycles. The average molecular weight is 198 g/mol. The predicted octanol–water partition coefficient (Wildman–Crippen LogP) is 0.612. The van der Waals surface area contributed by atoms with E-state index in [-0.39, 0.29) is 0 Å². The molecule has 0 amide bonds. The molecule has 1 atom stereocenters. The van der Waals surface area contributed by atoms with Crippen LogP contribution in [-0.4, -0.2) is 39.4 Å². The number of hydrogen-bond acceptors (Lipinski definition) is 3. The van der Waals surface area contributed by atoms with Crippen LogP contribution in [0.3, 0.4) is 0 Å². The fourth-order valence-electron chi connectivity index (χ4n) is 2.32. The van der Waals surface area contributed by atoms with Crippen molar-refractivity contribution in [2.24, 2.45) is 11.8 Å². The quantitative estimate of drug-likeness (QED) is 0.694. The van der Waals surface area contributed by atoms with Gasteiger partial charge in [-0.3, -0.25) is 0 Å². The largest absolute Gasteiger partial charge is 0.381 e. The van der Waals surface area contributed by atoms with E-state index >= 15 is 0 Å². The molecule has 0 aromatic carbocycles. The Morgan fingerprint density at radius 3 is 2.57 bits per heavy atom. The highest BCUT2D eigenvalue weighted by Crippen LogP contribution is 2.12. The summed E-state index contributed by atoms with van der Waals surface area (Å²) < 4.78 is 5.35. The molecule has 2 aliphatic heterocycles. The smallest absolute Gasteiger partial charge is 0.0507 e. The van der Waals surface area contributed by atoms with Gasteiger partial charge in [-0.15, -0.1) is 0 Å². The van der Waals surface area contributed by atoms with Gasteiger partial charge in [0.2, 0.25) is 0 Å². The van der Waals surface area contributed by atoms with Gasteiger partial charge in [-0.2, -0.15) is 0 Å². The number of ether oxygens (including phenoxy) is 1. The minimum Gasteiger partial charge on any atom is -0.381 e. The number of hydrogen-bond donors (Lipinski definition) is 2. The average Bonchev–Trinajstić information content (AvgIpc) is 2.72. The molecule has 0 aromatic heterocycles. The standard InChI is InChI=1S/C11H22N2O/c1-4-12-5-2-10(1)7-13-8-11-3-6-14-9-11/h10-13H,1-9H2. The van der Waals surface area contributed by atoms with Crippen molar-refractivity contribution >= 4 is 0 Å². The molecular formula is C11H22N2O. The summed E-state index contributed by atoms with van der Waals surface area (Å²) in [6.07, 6.45) is 3.93. The lowest BCUT2D eigenvalue weighted by atomic mass is 9.98. The highest BCUT2D eigenvalue weighted by atomic mass is 16.5. The number of rotatable bonds is 4. The Balaban J connectivity index is 1.52. The second-order valence-electron chi connectivity index (χ2n) is 4.58. The molecule has 2 N–H and O–H groups in total. The summed E-state index contributed by atoms with van der Waals surface area (Å²) >= 11 is 0. The first kappa shape index (κ1) is 10.4. The molecule has 0 saturated carbocycles. The zero-order valence-corrected chi connectivity index (χ0v) is 8.93. The number of piperidine rings is 1. The fourth-order valence-corrected chi connectivity index (χ4v) is 2.32. The Kier molecular flexibility index (Phi) is 4.22. The van der Waals surface area contributed by atoms with E-state index in [0.717, 1.165) is 31.6 Å². The van der Waals surface area contributed by atoms with Gasteiger partial charge in [-0.1, -0.05) is 0 Å². The number of nitrogens with one attached hydrogen (secondary N) is 2. The summed E-state index contributed by atoms with van der Waals surface area (Å²) in [5.41, 5.74) is 0. The molecule has 0 bridgehead atoms. The normalized spacial score (nSPS) is 29.6. The van der Waals surface area contributed by atoms with E-state index in [1.165, 1.54) is 38.9 Å². The van der Waals surface area contributed by atoms with Gasteiger partial charge in [0.25, 0.3) is 0 Å². The summed E-state index contributed by atoms with van der Waals surface area (Å²) in [5.74, 6) is 1.68. The highest BCUT2D eigenvalue weighted by Gasteiger charge is 2.16. The molecule has 2 fully saturated rings. The summed E-state index contributed by atoms with van der Waals surface area (Å²) in [7, 11) is 0. The van der Waals surface area contributed by atoms with Gasteiger partial charge in [-0.05, 0) is 50.7 Å². The summed E-state index contributed by atoms with van der Waals surface area (Å²) in [6, 6.07) is 0. The van der Waals surface area contributed by atoms with Crippen LogP contribution in [0, 0.1) is 11.8 Å². The van der Waals surface area contributed by atoms with Crippen LogP contribution in [0.1, 0.15) is 19.3 Å². The lowest BCUT2D eigenvalue weighted by molar-refractivity contribution is 0.184. The minimum absolute atomic E-state index is 0.775. The molecule has 1 unspecified atom stereocenters. The maximum Gasteiger partial charge on any atom is 0.0507 e. The molecule has 2 rings (SSSR count). The Hall–Kier alpha value is -0.120. The molecule has 0 aliphatic carbocycles. The van der Waals surface area contributed by atoms with E-state index in [1.54, 1.807) is 0 Å². The second-order valence-corrected chi connectivity index (χ2v) is 4.58. The minimum atomic E-state index is 0.775. The third kappa shape index (κ3) is 3.23. The zero-order valence-electron chi connectivity index (χ0n) is 8.93. The van der Waals surface area contributed by atoms with Gasteiger partial charge >= 0.3 is 0 Å². The van der Waals surface area contributed by atoms with Crippen molar-refractivity contribution in [3.8, 4) is 0 Å². The first-order valence-corrected chi connectivity index (χ1v) is 5.94. The van der Waals surface area contributed by atoms with Gasteiger partial charge in [-0.25, -0.2) is 0 Å². The molecule has 0 aromatic rings. The van der Waals surface area contributed by atoms with Crippen LogP contribution in [0.2, 0.25) is 0 Å². The molecular weight excluding hydrogens is 176 g/mol. The van der Waals surface area contributed by atoms with E-state index < -0.39 is 0 Å².